The Morgan fingerprint density at radius 3 is 2.60 bits per heavy atom. The summed E-state index contributed by atoms with van der Waals surface area (Å²) in [4.78, 5) is 12.1. The highest BCUT2D eigenvalue weighted by Crippen LogP contribution is 2.72. The SMILES string of the molecule is CCOC[C@@H]1C[C@@]23CC[C@H]4[C@@](C)(CCC[C@@]4(C)C(=O)O)[C@@H]2CC[C@@H]1C3. The molecule has 3 nitrogen and oxygen atoms in total. The molecule has 4 fully saturated rings. The minimum absolute atomic E-state index is 0.231. The van der Waals surface area contributed by atoms with Gasteiger partial charge in [-0.15, -0.1) is 0 Å². The quantitative estimate of drug-likeness (QED) is 0.765. The molecule has 4 aliphatic carbocycles. The van der Waals surface area contributed by atoms with Gasteiger partial charge in [-0.2, -0.15) is 0 Å². The van der Waals surface area contributed by atoms with Crippen molar-refractivity contribution in [2.75, 3.05) is 13.2 Å². The maximum atomic E-state index is 12.1. The van der Waals surface area contributed by atoms with Crippen LogP contribution in [0.1, 0.15) is 78.6 Å². The Morgan fingerprint density at radius 2 is 1.88 bits per heavy atom. The van der Waals surface area contributed by atoms with E-state index in [1.54, 1.807) is 0 Å². The van der Waals surface area contributed by atoms with E-state index in [-0.39, 0.29) is 5.41 Å². The largest absolute Gasteiger partial charge is 0.481 e. The first kappa shape index (κ1) is 17.8. The van der Waals surface area contributed by atoms with Crippen molar-refractivity contribution in [1.29, 1.82) is 0 Å². The summed E-state index contributed by atoms with van der Waals surface area (Å²) in [6.07, 6.45) is 11.0. The first-order valence-electron chi connectivity index (χ1n) is 10.7. The molecule has 0 aromatic rings. The fourth-order valence-corrected chi connectivity index (χ4v) is 8.31. The Labute approximate surface area is 152 Å². The van der Waals surface area contributed by atoms with Crippen LogP contribution in [-0.4, -0.2) is 24.3 Å². The van der Waals surface area contributed by atoms with Gasteiger partial charge >= 0.3 is 5.97 Å². The number of carbonyl (C=O) groups is 1. The van der Waals surface area contributed by atoms with Crippen LogP contribution in [0.25, 0.3) is 0 Å². The molecule has 3 heteroatoms. The third-order valence-corrected chi connectivity index (χ3v) is 9.30. The van der Waals surface area contributed by atoms with Crippen LogP contribution in [0.15, 0.2) is 0 Å². The van der Waals surface area contributed by atoms with E-state index in [2.05, 4.69) is 13.8 Å². The van der Waals surface area contributed by atoms with Gasteiger partial charge in [-0.05, 0) is 99.7 Å². The molecule has 7 atom stereocenters. The van der Waals surface area contributed by atoms with Crippen molar-refractivity contribution < 1.29 is 14.6 Å². The average Bonchev–Trinajstić information content (AvgIpc) is 2.82. The molecular formula is C22H36O3. The summed E-state index contributed by atoms with van der Waals surface area (Å²) in [5.41, 5.74) is 0.219. The Hall–Kier alpha value is -0.570. The molecule has 4 saturated carbocycles. The van der Waals surface area contributed by atoms with Crippen molar-refractivity contribution in [3.8, 4) is 0 Å². The van der Waals surface area contributed by atoms with E-state index in [9.17, 15) is 9.90 Å². The van der Waals surface area contributed by atoms with Crippen LogP contribution in [0.2, 0.25) is 0 Å². The molecular weight excluding hydrogens is 312 g/mol. The smallest absolute Gasteiger partial charge is 0.309 e. The molecule has 4 rings (SSSR count). The lowest BCUT2D eigenvalue weighted by atomic mass is 9.41. The van der Waals surface area contributed by atoms with Crippen molar-refractivity contribution in [3.63, 3.8) is 0 Å². The molecule has 0 aromatic carbocycles. The molecule has 4 aliphatic rings. The second kappa shape index (κ2) is 5.97. The van der Waals surface area contributed by atoms with Gasteiger partial charge in [-0.3, -0.25) is 4.79 Å². The number of aliphatic carboxylic acids is 1. The second-order valence-electron chi connectivity index (χ2n) is 10.3. The van der Waals surface area contributed by atoms with Crippen molar-refractivity contribution >= 4 is 5.97 Å². The molecule has 142 valence electrons. The fraction of sp³-hybridized carbons (Fsp3) is 0.955. The van der Waals surface area contributed by atoms with Gasteiger partial charge in [-0.1, -0.05) is 13.3 Å². The van der Waals surface area contributed by atoms with Crippen LogP contribution in [0, 0.1) is 39.9 Å². The highest BCUT2D eigenvalue weighted by Gasteiger charge is 2.65. The van der Waals surface area contributed by atoms with Gasteiger partial charge in [0.25, 0.3) is 0 Å². The molecule has 0 heterocycles. The number of rotatable bonds is 4. The summed E-state index contributed by atoms with van der Waals surface area (Å²) >= 11 is 0. The Bertz CT molecular complexity index is 545. The van der Waals surface area contributed by atoms with Gasteiger partial charge in [0.05, 0.1) is 5.41 Å². The van der Waals surface area contributed by atoms with E-state index in [4.69, 9.17) is 4.74 Å². The van der Waals surface area contributed by atoms with E-state index in [1.807, 2.05) is 6.92 Å². The number of fused-ring (bicyclic) bond motifs is 3. The maximum Gasteiger partial charge on any atom is 0.309 e. The Morgan fingerprint density at radius 1 is 1.08 bits per heavy atom. The number of carboxylic acid groups (broad SMARTS) is 1. The van der Waals surface area contributed by atoms with Gasteiger partial charge in [0, 0.05) is 13.2 Å². The highest BCUT2D eigenvalue weighted by atomic mass is 16.5. The lowest BCUT2D eigenvalue weighted by Gasteiger charge is -2.63. The summed E-state index contributed by atoms with van der Waals surface area (Å²) in [7, 11) is 0. The summed E-state index contributed by atoms with van der Waals surface area (Å²) in [6.45, 7) is 8.40. The van der Waals surface area contributed by atoms with Crippen LogP contribution in [0.5, 0.6) is 0 Å². The zero-order valence-electron chi connectivity index (χ0n) is 16.4. The zero-order valence-corrected chi connectivity index (χ0v) is 16.4. The maximum absolute atomic E-state index is 12.1. The molecule has 0 radical (unpaired) electrons. The third-order valence-electron chi connectivity index (χ3n) is 9.30. The molecule has 0 unspecified atom stereocenters. The lowest BCUT2D eigenvalue weighted by molar-refractivity contribution is -0.181. The molecule has 25 heavy (non-hydrogen) atoms. The molecule has 0 saturated heterocycles. The number of hydrogen-bond acceptors (Lipinski definition) is 2. The minimum atomic E-state index is -0.547. The van der Waals surface area contributed by atoms with Gasteiger partial charge < -0.3 is 9.84 Å². The van der Waals surface area contributed by atoms with Crippen molar-refractivity contribution in [2.24, 2.45) is 39.9 Å². The monoisotopic (exact) mass is 348 g/mol. The third kappa shape index (κ3) is 2.44. The second-order valence-corrected chi connectivity index (χ2v) is 10.3. The molecule has 1 spiro atoms. The van der Waals surface area contributed by atoms with Crippen LogP contribution in [0.4, 0.5) is 0 Å². The lowest BCUT2D eigenvalue weighted by Crippen LogP contribution is -2.58. The summed E-state index contributed by atoms with van der Waals surface area (Å²) in [5.74, 6) is 2.16. The molecule has 1 N–H and O–H groups in total. The predicted octanol–water partition coefficient (Wildman–Crippen LogP) is 5.14. The summed E-state index contributed by atoms with van der Waals surface area (Å²) < 4.78 is 5.82. The minimum Gasteiger partial charge on any atom is -0.481 e. The van der Waals surface area contributed by atoms with Gasteiger partial charge in [0.15, 0.2) is 0 Å². The van der Waals surface area contributed by atoms with E-state index in [1.165, 1.54) is 38.5 Å². The Kier molecular flexibility index (Phi) is 4.26. The zero-order chi connectivity index (χ0) is 17.9. The van der Waals surface area contributed by atoms with Crippen LogP contribution in [0.3, 0.4) is 0 Å². The number of ether oxygens (including phenoxy) is 1. The molecule has 0 aromatic heterocycles. The van der Waals surface area contributed by atoms with E-state index in [0.717, 1.165) is 50.2 Å². The fourth-order valence-electron chi connectivity index (χ4n) is 8.31. The normalized spacial score (nSPS) is 51.6. The standard InChI is InChI=1S/C22H36O3/c1-4-25-14-16-13-22-11-8-17-20(2,18(22)7-6-15(16)12-22)9-5-10-21(17,3)19(23)24/h15-18H,4-14H2,1-3H3,(H,23,24)/t15-,16+,17+,18+,20-,21-,22+/m1/s1. The first-order valence-corrected chi connectivity index (χ1v) is 10.7. The van der Waals surface area contributed by atoms with Crippen molar-refractivity contribution in [3.05, 3.63) is 0 Å². The van der Waals surface area contributed by atoms with Crippen LogP contribution < -0.4 is 0 Å². The number of carboxylic acids is 1. The van der Waals surface area contributed by atoms with Gasteiger partial charge in [-0.25, -0.2) is 0 Å². The van der Waals surface area contributed by atoms with E-state index < -0.39 is 11.4 Å². The van der Waals surface area contributed by atoms with Gasteiger partial charge in [0.2, 0.25) is 0 Å². The van der Waals surface area contributed by atoms with Crippen LogP contribution in [-0.2, 0) is 9.53 Å². The predicted molar refractivity (Wildman–Crippen MR) is 98.3 cm³/mol. The van der Waals surface area contributed by atoms with Crippen molar-refractivity contribution in [1.82, 2.24) is 0 Å². The average molecular weight is 349 g/mol. The highest BCUT2D eigenvalue weighted by molar-refractivity contribution is 5.75. The van der Waals surface area contributed by atoms with Crippen LogP contribution >= 0.6 is 0 Å². The van der Waals surface area contributed by atoms with Crippen molar-refractivity contribution in [2.45, 2.75) is 78.6 Å². The van der Waals surface area contributed by atoms with E-state index >= 15 is 0 Å². The summed E-state index contributed by atoms with van der Waals surface area (Å²) in [6, 6.07) is 0. The molecule has 0 amide bonds. The molecule has 0 aliphatic heterocycles. The number of hydrogen-bond donors (Lipinski definition) is 1. The first-order chi connectivity index (χ1) is 11.9. The Balaban J connectivity index is 1.63. The van der Waals surface area contributed by atoms with Gasteiger partial charge in [0.1, 0.15) is 0 Å². The summed E-state index contributed by atoms with van der Waals surface area (Å²) in [5, 5.41) is 10.00. The van der Waals surface area contributed by atoms with E-state index in [0.29, 0.717) is 11.3 Å². The topological polar surface area (TPSA) is 46.5 Å². The molecule has 2 bridgehead atoms.